The lowest BCUT2D eigenvalue weighted by Gasteiger charge is -2.28. The molecule has 2 N–H and O–H groups in total. The lowest BCUT2D eigenvalue weighted by molar-refractivity contribution is -0.113. The van der Waals surface area contributed by atoms with Gasteiger partial charge in [-0.1, -0.05) is 46.5 Å². The summed E-state index contributed by atoms with van der Waals surface area (Å²) in [5.41, 5.74) is 4.76. The Labute approximate surface area is 177 Å². The van der Waals surface area contributed by atoms with E-state index in [0.29, 0.717) is 27.3 Å². The van der Waals surface area contributed by atoms with E-state index in [4.69, 9.17) is 23.2 Å². The van der Waals surface area contributed by atoms with Crippen LogP contribution in [0.4, 0.5) is 11.6 Å². The zero-order chi connectivity index (χ0) is 20.7. The molecule has 0 spiro atoms. The number of anilines is 2. The fourth-order valence-corrected chi connectivity index (χ4v) is 3.68. The summed E-state index contributed by atoms with van der Waals surface area (Å²) in [6, 6.07) is 10.5. The normalized spacial score (nSPS) is 15.7. The van der Waals surface area contributed by atoms with E-state index in [1.165, 1.54) is 0 Å². The average Bonchev–Trinajstić information content (AvgIpc) is 3.14. The quantitative estimate of drug-likeness (QED) is 0.640. The van der Waals surface area contributed by atoms with Crippen molar-refractivity contribution in [2.24, 2.45) is 0 Å². The molecule has 0 radical (unpaired) electrons. The molecule has 0 saturated carbocycles. The van der Waals surface area contributed by atoms with E-state index in [-0.39, 0.29) is 5.91 Å². The zero-order valence-electron chi connectivity index (χ0n) is 16.0. The number of tetrazole rings is 1. The molecule has 7 nitrogen and oxygen atoms in total. The summed E-state index contributed by atoms with van der Waals surface area (Å²) in [4.78, 5) is 13.4. The van der Waals surface area contributed by atoms with Gasteiger partial charge in [0.05, 0.1) is 15.6 Å². The van der Waals surface area contributed by atoms with E-state index >= 15 is 0 Å². The summed E-state index contributed by atoms with van der Waals surface area (Å²) < 4.78 is 1.56. The fraction of sp³-hybridized carbons (Fsp3) is 0.200. The Morgan fingerprint density at radius 3 is 2.69 bits per heavy atom. The monoisotopic (exact) mass is 428 g/mol. The SMILES string of the molecule is CC1=C(C(=O)Nc2cccc(C)c2C)C(c2ccc(Cl)c(Cl)c2)n2nnnc2N1. The van der Waals surface area contributed by atoms with Crippen LogP contribution >= 0.6 is 23.2 Å². The number of fused-ring (bicyclic) bond motifs is 1. The van der Waals surface area contributed by atoms with Crippen LogP contribution in [0.2, 0.25) is 10.0 Å². The van der Waals surface area contributed by atoms with Crippen molar-refractivity contribution in [2.45, 2.75) is 26.8 Å². The summed E-state index contributed by atoms with van der Waals surface area (Å²) in [6.07, 6.45) is 0. The number of allylic oxidation sites excluding steroid dienone is 1. The smallest absolute Gasteiger partial charge is 0.255 e. The summed E-state index contributed by atoms with van der Waals surface area (Å²) in [5, 5.41) is 18.8. The largest absolute Gasteiger partial charge is 0.326 e. The number of amides is 1. The molecule has 4 rings (SSSR count). The van der Waals surface area contributed by atoms with Gasteiger partial charge >= 0.3 is 0 Å². The van der Waals surface area contributed by atoms with Gasteiger partial charge < -0.3 is 10.6 Å². The molecule has 0 saturated heterocycles. The summed E-state index contributed by atoms with van der Waals surface area (Å²) in [7, 11) is 0. The number of halogens is 2. The summed E-state index contributed by atoms with van der Waals surface area (Å²) >= 11 is 12.3. The van der Waals surface area contributed by atoms with Gasteiger partial charge in [-0.2, -0.15) is 4.68 Å². The van der Waals surface area contributed by atoms with Gasteiger partial charge in [-0.05, 0) is 66.1 Å². The molecule has 1 aliphatic heterocycles. The van der Waals surface area contributed by atoms with E-state index in [9.17, 15) is 4.79 Å². The third-order valence-electron chi connectivity index (χ3n) is 5.07. The Kier molecular flexibility index (Phi) is 5.02. The first-order valence-electron chi connectivity index (χ1n) is 8.95. The number of aromatic nitrogens is 4. The molecule has 148 valence electrons. The Bertz CT molecular complexity index is 1150. The van der Waals surface area contributed by atoms with E-state index < -0.39 is 6.04 Å². The number of carbonyl (C=O) groups is 1. The second-order valence-electron chi connectivity index (χ2n) is 6.89. The highest BCUT2D eigenvalue weighted by molar-refractivity contribution is 6.42. The van der Waals surface area contributed by atoms with E-state index in [1.807, 2.05) is 45.0 Å². The number of hydrogen-bond acceptors (Lipinski definition) is 5. The maximum absolute atomic E-state index is 13.4. The summed E-state index contributed by atoms with van der Waals surface area (Å²) in [6.45, 7) is 5.80. The van der Waals surface area contributed by atoms with Crippen LogP contribution in [0.1, 0.15) is 29.7 Å². The maximum atomic E-state index is 13.4. The van der Waals surface area contributed by atoms with E-state index in [1.54, 1.807) is 16.8 Å². The first-order chi connectivity index (χ1) is 13.9. The molecule has 0 fully saturated rings. The van der Waals surface area contributed by atoms with Crippen LogP contribution < -0.4 is 10.6 Å². The predicted octanol–water partition coefficient (Wildman–Crippen LogP) is 4.52. The third-order valence-corrected chi connectivity index (χ3v) is 5.81. The van der Waals surface area contributed by atoms with Crippen LogP contribution in [-0.4, -0.2) is 26.1 Å². The Morgan fingerprint density at radius 2 is 1.93 bits per heavy atom. The number of carbonyl (C=O) groups excluding carboxylic acids is 1. The van der Waals surface area contributed by atoms with Crippen molar-refractivity contribution in [2.75, 3.05) is 10.6 Å². The summed E-state index contributed by atoms with van der Waals surface area (Å²) in [5.74, 6) is 0.197. The van der Waals surface area contributed by atoms with Crippen LogP contribution in [0.5, 0.6) is 0 Å². The Morgan fingerprint density at radius 1 is 1.14 bits per heavy atom. The van der Waals surface area contributed by atoms with Gasteiger partial charge in [0.1, 0.15) is 6.04 Å². The van der Waals surface area contributed by atoms with E-state index in [2.05, 4.69) is 26.2 Å². The molecule has 1 amide bonds. The van der Waals surface area contributed by atoms with Gasteiger partial charge in [0, 0.05) is 11.4 Å². The second kappa shape index (κ2) is 7.50. The fourth-order valence-electron chi connectivity index (χ4n) is 3.37. The zero-order valence-corrected chi connectivity index (χ0v) is 17.5. The highest BCUT2D eigenvalue weighted by Gasteiger charge is 2.34. The lowest BCUT2D eigenvalue weighted by Crippen LogP contribution is -2.31. The number of rotatable bonds is 3. The molecule has 1 aliphatic rings. The van der Waals surface area contributed by atoms with E-state index in [0.717, 1.165) is 22.4 Å². The standard InChI is InChI=1S/C20H18Cl2N6O/c1-10-5-4-6-16(11(10)2)24-19(29)17-12(3)23-20-25-26-27-28(20)18(17)13-7-8-14(21)15(22)9-13/h4-9,18H,1-3H3,(H,24,29)(H,23,25,27). The number of benzene rings is 2. The van der Waals surface area contributed by atoms with Crippen molar-refractivity contribution in [1.82, 2.24) is 20.2 Å². The Hall–Kier alpha value is -2.90. The van der Waals surface area contributed by atoms with Crippen molar-refractivity contribution in [3.05, 3.63) is 74.4 Å². The number of aryl methyl sites for hydroxylation is 1. The lowest BCUT2D eigenvalue weighted by atomic mass is 9.95. The van der Waals surface area contributed by atoms with Crippen LogP contribution in [-0.2, 0) is 4.79 Å². The third kappa shape index (κ3) is 3.47. The molecular weight excluding hydrogens is 411 g/mol. The number of nitrogens with one attached hydrogen (secondary N) is 2. The van der Waals surface area contributed by atoms with Gasteiger partial charge in [-0.15, -0.1) is 0 Å². The van der Waals surface area contributed by atoms with Crippen LogP contribution in [0.25, 0.3) is 0 Å². The molecule has 29 heavy (non-hydrogen) atoms. The number of nitrogens with zero attached hydrogens (tertiary/aromatic N) is 4. The maximum Gasteiger partial charge on any atom is 0.255 e. The van der Waals surface area contributed by atoms with Gasteiger partial charge in [0.15, 0.2) is 0 Å². The first kappa shape index (κ1) is 19.4. The highest BCUT2D eigenvalue weighted by Crippen LogP contribution is 2.37. The minimum absolute atomic E-state index is 0.249. The van der Waals surface area contributed by atoms with Crippen LogP contribution in [0.3, 0.4) is 0 Å². The molecule has 1 atom stereocenters. The van der Waals surface area contributed by atoms with Crippen molar-refractivity contribution >= 4 is 40.7 Å². The molecule has 1 aromatic heterocycles. The van der Waals surface area contributed by atoms with Gasteiger partial charge in [0.25, 0.3) is 5.91 Å². The molecular formula is C20H18Cl2N6O. The van der Waals surface area contributed by atoms with Crippen molar-refractivity contribution in [3.8, 4) is 0 Å². The molecule has 3 aromatic rings. The Balaban J connectivity index is 1.79. The first-order valence-corrected chi connectivity index (χ1v) is 9.70. The van der Waals surface area contributed by atoms with Gasteiger partial charge in [0.2, 0.25) is 5.95 Å². The van der Waals surface area contributed by atoms with Gasteiger partial charge in [-0.3, -0.25) is 4.79 Å². The average molecular weight is 429 g/mol. The molecule has 9 heteroatoms. The topological polar surface area (TPSA) is 84.7 Å². The molecule has 2 aromatic carbocycles. The van der Waals surface area contributed by atoms with Gasteiger partial charge in [-0.25, -0.2) is 0 Å². The van der Waals surface area contributed by atoms with Crippen LogP contribution in [0.15, 0.2) is 47.7 Å². The van der Waals surface area contributed by atoms with Crippen molar-refractivity contribution in [1.29, 1.82) is 0 Å². The molecule has 2 heterocycles. The van der Waals surface area contributed by atoms with Crippen LogP contribution in [0, 0.1) is 13.8 Å². The highest BCUT2D eigenvalue weighted by atomic mass is 35.5. The predicted molar refractivity (Wildman–Crippen MR) is 113 cm³/mol. The molecule has 0 bridgehead atoms. The number of hydrogen-bond donors (Lipinski definition) is 2. The minimum atomic E-state index is -0.555. The minimum Gasteiger partial charge on any atom is -0.326 e. The molecule has 0 aliphatic carbocycles. The van der Waals surface area contributed by atoms with Crippen molar-refractivity contribution < 1.29 is 4.79 Å². The molecule has 1 unspecified atom stereocenters. The second-order valence-corrected chi connectivity index (χ2v) is 7.70. The van der Waals surface area contributed by atoms with Crippen molar-refractivity contribution in [3.63, 3.8) is 0 Å².